The van der Waals surface area contributed by atoms with Crippen LogP contribution in [0.2, 0.25) is 0 Å². The van der Waals surface area contributed by atoms with Gasteiger partial charge in [0.15, 0.2) is 5.78 Å². The zero-order valence-corrected chi connectivity index (χ0v) is 13.1. The van der Waals surface area contributed by atoms with Crippen LogP contribution in [-0.2, 0) is 0 Å². The summed E-state index contributed by atoms with van der Waals surface area (Å²) in [4.78, 5) is 24.3. The van der Waals surface area contributed by atoms with E-state index in [0.717, 1.165) is 0 Å². The number of fused-ring (bicyclic) bond motifs is 1. The summed E-state index contributed by atoms with van der Waals surface area (Å²) in [5.41, 5.74) is 5.30. The Morgan fingerprint density at radius 3 is 2.64 bits per heavy atom. The summed E-state index contributed by atoms with van der Waals surface area (Å²) in [6.07, 6.45) is 0.403. The van der Waals surface area contributed by atoms with Crippen molar-refractivity contribution in [1.29, 1.82) is 0 Å². The molecule has 0 aliphatic carbocycles. The van der Waals surface area contributed by atoms with Crippen LogP contribution in [0.1, 0.15) is 34.6 Å². The summed E-state index contributed by atoms with van der Waals surface area (Å²) in [5.74, 6) is -0.101. The molecule has 1 aromatic rings. The molecular weight excluding hydrogens is 311 g/mol. The third-order valence-electron chi connectivity index (χ3n) is 3.31. The molecule has 0 spiro atoms. The third kappa shape index (κ3) is 3.45. The van der Waals surface area contributed by atoms with E-state index in [2.05, 4.69) is 5.32 Å². The van der Waals surface area contributed by atoms with Gasteiger partial charge in [-0.25, -0.2) is 4.39 Å². The molecule has 3 N–H and O–H groups in total. The highest BCUT2D eigenvalue weighted by molar-refractivity contribution is 6.17. The normalized spacial score (nSPS) is 16.5. The summed E-state index contributed by atoms with van der Waals surface area (Å²) in [6.45, 7) is 3.33. The number of carbonyl (C=O) groups is 2. The van der Waals surface area contributed by atoms with E-state index in [1.165, 1.54) is 12.1 Å². The fourth-order valence-electron chi connectivity index (χ4n) is 2.05. The number of nitrogens with two attached hydrogens (primary N) is 1. The maximum absolute atomic E-state index is 12.4. The van der Waals surface area contributed by atoms with Crippen LogP contribution < -0.4 is 15.8 Å². The van der Waals surface area contributed by atoms with Crippen molar-refractivity contribution in [3.05, 3.63) is 41.2 Å². The Bertz CT molecular complexity index is 629. The van der Waals surface area contributed by atoms with E-state index in [1.807, 2.05) is 0 Å². The average molecular weight is 329 g/mol. The molecule has 22 heavy (non-hydrogen) atoms. The molecule has 5 nitrogen and oxygen atoms in total. The maximum Gasteiger partial charge on any atom is 0.252 e. The molecule has 2 rings (SSSR count). The van der Waals surface area contributed by atoms with E-state index >= 15 is 0 Å². The first-order valence-electron chi connectivity index (χ1n) is 6.51. The Balaban J connectivity index is 0.00000242. The van der Waals surface area contributed by atoms with Crippen LogP contribution in [0.5, 0.6) is 5.75 Å². The van der Waals surface area contributed by atoms with Gasteiger partial charge in [-0.3, -0.25) is 9.59 Å². The Kier molecular flexibility index (Phi) is 5.68. The Morgan fingerprint density at radius 1 is 1.36 bits per heavy atom. The van der Waals surface area contributed by atoms with Gasteiger partial charge in [0.25, 0.3) is 5.91 Å². The quantitative estimate of drug-likeness (QED) is 0.885. The number of hydrogen-bond donors (Lipinski definition) is 2. The number of hydrogen-bond acceptors (Lipinski definition) is 4. The number of carbonyl (C=O) groups excluding carboxylic acids is 2. The standard InChI is InChI=1S/C15H17FN2O3.ClH/c1-15(2)13(19)12-5-10(21-8-9(6-16)7-17)3-4-11(12)14(20)18-15;/h3-6H,7-8,17H2,1-2H3,(H,18,20);1H/b9-6+;. The first-order chi connectivity index (χ1) is 9.89. The minimum absolute atomic E-state index is 0. The number of rotatable bonds is 4. The fraction of sp³-hybridized carbons (Fsp3) is 0.333. The van der Waals surface area contributed by atoms with Gasteiger partial charge in [0.2, 0.25) is 0 Å². The van der Waals surface area contributed by atoms with Crippen LogP contribution in [-0.4, -0.2) is 30.4 Å². The molecule has 0 atom stereocenters. The van der Waals surface area contributed by atoms with Gasteiger partial charge in [-0.1, -0.05) is 0 Å². The molecule has 0 bridgehead atoms. The molecule has 0 aromatic heterocycles. The zero-order valence-electron chi connectivity index (χ0n) is 12.3. The van der Waals surface area contributed by atoms with Crippen LogP contribution in [0.3, 0.4) is 0 Å². The number of ether oxygens (including phenoxy) is 1. The Morgan fingerprint density at radius 2 is 2.05 bits per heavy atom. The lowest BCUT2D eigenvalue weighted by atomic mass is 9.86. The lowest BCUT2D eigenvalue weighted by molar-refractivity contribution is 0.0767. The molecule has 1 aromatic carbocycles. The van der Waals surface area contributed by atoms with Gasteiger partial charge in [0.1, 0.15) is 12.4 Å². The summed E-state index contributed by atoms with van der Waals surface area (Å²) in [7, 11) is 0. The molecular formula is C15H18ClFN2O3. The van der Waals surface area contributed by atoms with Crippen LogP contribution in [0.4, 0.5) is 4.39 Å². The maximum atomic E-state index is 12.4. The van der Waals surface area contributed by atoms with Gasteiger partial charge in [-0.15, -0.1) is 12.4 Å². The topological polar surface area (TPSA) is 81.4 Å². The van der Waals surface area contributed by atoms with Crippen molar-refractivity contribution in [2.45, 2.75) is 19.4 Å². The van der Waals surface area contributed by atoms with Gasteiger partial charge < -0.3 is 15.8 Å². The zero-order chi connectivity index (χ0) is 15.6. The minimum Gasteiger partial charge on any atom is -0.489 e. The molecule has 1 heterocycles. The largest absolute Gasteiger partial charge is 0.489 e. The highest BCUT2D eigenvalue weighted by atomic mass is 35.5. The van der Waals surface area contributed by atoms with Gasteiger partial charge in [-0.2, -0.15) is 0 Å². The first kappa shape index (κ1) is 18.1. The van der Waals surface area contributed by atoms with E-state index in [9.17, 15) is 14.0 Å². The number of Topliss-reactive ketones (excluding diaryl/α,β-unsaturated/α-hetero) is 1. The molecule has 0 saturated carbocycles. The molecule has 1 aliphatic heterocycles. The minimum atomic E-state index is -0.954. The van der Waals surface area contributed by atoms with Crippen molar-refractivity contribution in [3.8, 4) is 5.75 Å². The summed E-state index contributed by atoms with van der Waals surface area (Å²) < 4.78 is 17.8. The molecule has 0 radical (unpaired) electrons. The average Bonchev–Trinajstić information content (AvgIpc) is 2.45. The number of amides is 1. The monoisotopic (exact) mass is 328 g/mol. The van der Waals surface area contributed by atoms with Crippen molar-refractivity contribution >= 4 is 24.1 Å². The molecule has 0 fully saturated rings. The molecule has 7 heteroatoms. The number of ketones is 1. The smallest absolute Gasteiger partial charge is 0.252 e. The fourth-order valence-corrected chi connectivity index (χ4v) is 2.05. The molecule has 0 saturated heterocycles. The highest BCUT2D eigenvalue weighted by Crippen LogP contribution is 2.26. The van der Waals surface area contributed by atoms with E-state index in [4.69, 9.17) is 10.5 Å². The Hall–Kier alpha value is -1.92. The van der Waals surface area contributed by atoms with Crippen molar-refractivity contribution < 1.29 is 18.7 Å². The first-order valence-corrected chi connectivity index (χ1v) is 6.51. The summed E-state index contributed by atoms with van der Waals surface area (Å²) in [5, 5.41) is 2.65. The van der Waals surface area contributed by atoms with Gasteiger partial charge in [-0.05, 0) is 32.0 Å². The lowest BCUT2D eigenvalue weighted by Gasteiger charge is -2.30. The van der Waals surface area contributed by atoms with Crippen LogP contribution >= 0.6 is 12.4 Å². The molecule has 1 amide bonds. The van der Waals surface area contributed by atoms with Crippen molar-refractivity contribution in [3.63, 3.8) is 0 Å². The molecule has 1 aliphatic rings. The van der Waals surface area contributed by atoms with E-state index < -0.39 is 5.54 Å². The Labute approximate surface area is 134 Å². The van der Waals surface area contributed by atoms with Crippen molar-refractivity contribution in [1.82, 2.24) is 5.32 Å². The van der Waals surface area contributed by atoms with E-state index in [-0.39, 0.29) is 37.2 Å². The highest BCUT2D eigenvalue weighted by Gasteiger charge is 2.38. The van der Waals surface area contributed by atoms with E-state index in [1.54, 1.807) is 19.9 Å². The number of benzene rings is 1. The molecule has 0 unspecified atom stereocenters. The van der Waals surface area contributed by atoms with Crippen molar-refractivity contribution in [2.24, 2.45) is 5.73 Å². The predicted molar refractivity (Wildman–Crippen MR) is 83.3 cm³/mol. The van der Waals surface area contributed by atoms with Crippen LogP contribution in [0.25, 0.3) is 0 Å². The summed E-state index contributed by atoms with van der Waals surface area (Å²) >= 11 is 0. The number of halogens is 2. The van der Waals surface area contributed by atoms with Crippen molar-refractivity contribution in [2.75, 3.05) is 13.2 Å². The van der Waals surface area contributed by atoms with Crippen LogP contribution in [0.15, 0.2) is 30.1 Å². The number of nitrogens with one attached hydrogen (secondary N) is 1. The van der Waals surface area contributed by atoms with Gasteiger partial charge in [0, 0.05) is 17.7 Å². The van der Waals surface area contributed by atoms with E-state index in [0.29, 0.717) is 28.8 Å². The predicted octanol–water partition coefficient (Wildman–Crippen LogP) is 2.00. The second-order valence-electron chi connectivity index (χ2n) is 5.38. The second-order valence-corrected chi connectivity index (χ2v) is 5.38. The summed E-state index contributed by atoms with van der Waals surface area (Å²) in [6, 6.07) is 4.59. The molecule has 120 valence electrons. The second kappa shape index (κ2) is 6.89. The third-order valence-corrected chi connectivity index (χ3v) is 3.31. The van der Waals surface area contributed by atoms with Gasteiger partial charge >= 0.3 is 0 Å². The lowest BCUT2D eigenvalue weighted by Crippen LogP contribution is -2.53. The van der Waals surface area contributed by atoms with Gasteiger partial charge in [0.05, 0.1) is 17.4 Å². The van der Waals surface area contributed by atoms with Crippen LogP contribution in [0, 0.1) is 0 Å². The SMILES string of the molecule is CC1(C)NC(=O)c2ccc(OC/C(=C/F)CN)cc2C1=O.Cl.